The largest absolute Gasteiger partial charge is 0.452 e. The SMILES string of the molecule is C[C@H](NC(=O)COC(=O)c1ccc(N2C(=O)[C@H]3CC=CC[C@@H]3C2=O)cc1)c1ccccc1. The van der Waals surface area contributed by atoms with E-state index in [0.29, 0.717) is 18.5 Å². The zero-order chi connectivity index (χ0) is 22.7. The molecule has 4 rings (SSSR count). The van der Waals surface area contributed by atoms with Gasteiger partial charge in [0.2, 0.25) is 11.8 Å². The molecule has 1 saturated heterocycles. The van der Waals surface area contributed by atoms with Gasteiger partial charge in [-0.1, -0.05) is 42.5 Å². The second-order valence-corrected chi connectivity index (χ2v) is 7.99. The average Bonchev–Trinajstić information content (AvgIpc) is 3.08. The summed E-state index contributed by atoms with van der Waals surface area (Å²) in [5.41, 5.74) is 1.61. The highest BCUT2D eigenvalue weighted by molar-refractivity contribution is 6.22. The van der Waals surface area contributed by atoms with Crippen LogP contribution in [0.4, 0.5) is 5.69 Å². The summed E-state index contributed by atoms with van der Waals surface area (Å²) in [5.74, 6) is -2.09. The number of ether oxygens (including phenoxy) is 1. The first-order valence-electron chi connectivity index (χ1n) is 10.6. The molecule has 164 valence electrons. The minimum absolute atomic E-state index is 0.205. The highest BCUT2D eigenvalue weighted by Gasteiger charge is 2.47. The van der Waals surface area contributed by atoms with Gasteiger partial charge in [-0.05, 0) is 49.6 Å². The Morgan fingerprint density at radius 1 is 0.969 bits per heavy atom. The summed E-state index contributed by atoms with van der Waals surface area (Å²) in [5, 5.41) is 2.78. The van der Waals surface area contributed by atoms with Crippen LogP contribution in [0.1, 0.15) is 41.7 Å². The monoisotopic (exact) mass is 432 g/mol. The lowest BCUT2D eigenvalue weighted by Gasteiger charge is -2.15. The lowest BCUT2D eigenvalue weighted by molar-refractivity contribution is -0.125. The second-order valence-electron chi connectivity index (χ2n) is 7.99. The molecule has 0 aromatic heterocycles. The minimum Gasteiger partial charge on any atom is -0.452 e. The first kappa shape index (κ1) is 21.5. The molecule has 1 aliphatic carbocycles. The Morgan fingerprint density at radius 2 is 1.56 bits per heavy atom. The molecule has 0 radical (unpaired) electrons. The third-order valence-electron chi connectivity index (χ3n) is 5.88. The third-order valence-corrected chi connectivity index (χ3v) is 5.88. The molecule has 2 aromatic carbocycles. The van der Waals surface area contributed by atoms with Crippen molar-refractivity contribution in [3.63, 3.8) is 0 Å². The number of hydrogen-bond acceptors (Lipinski definition) is 5. The van der Waals surface area contributed by atoms with E-state index in [0.717, 1.165) is 5.56 Å². The van der Waals surface area contributed by atoms with Crippen molar-refractivity contribution in [3.05, 3.63) is 77.9 Å². The van der Waals surface area contributed by atoms with Crippen LogP contribution in [-0.2, 0) is 19.1 Å². The van der Waals surface area contributed by atoms with Gasteiger partial charge in [-0.2, -0.15) is 0 Å². The number of allylic oxidation sites excluding steroid dienone is 2. The molecule has 0 saturated carbocycles. The maximum Gasteiger partial charge on any atom is 0.338 e. The van der Waals surface area contributed by atoms with Gasteiger partial charge in [0.15, 0.2) is 6.61 Å². The van der Waals surface area contributed by atoms with Crippen molar-refractivity contribution >= 4 is 29.4 Å². The number of fused-ring (bicyclic) bond motifs is 1. The molecule has 0 unspecified atom stereocenters. The molecule has 1 aliphatic heterocycles. The second kappa shape index (κ2) is 9.18. The Balaban J connectivity index is 1.33. The number of nitrogens with zero attached hydrogens (tertiary/aromatic N) is 1. The maximum atomic E-state index is 12.7. The Morgan fingerprint density at radius 3 is 2.16 bits per heavy atom. The van der Waals surface area contributed by atoms with Crippen LogP contribution in [0.3, 0.4) is 0 Å². The number of rotatable bonds is 6. The molecule has 1 heterocycles. The molecule has 7 heteroatoms. The number of amides is 3. The highest BCUT2D eigenvalue weighted by Crippen LogP contribution is 2.37. The molecule has 2 aromatic rings. The van der Waals surface area contributed by atoms with Crippen molar-refractivity contribution in [3.8, 4) is 0 Å². The van der Waals surface area contributed by atoms with Crippen LogP contribution < -0.4 is 10.2 Å². The smallest absolute Gasteiger partial charge is 0.338 e. The van der Waals surface area contributed by atoms with Gasteiger partial charge < -0.3 is 10.1 Å². The summed E-state index contributed by atoms with van der Waals surface area (Å²) in [4.78, 5) is 51.0. The number of hydrogen-bond donors (Lipinski definition) is 1. The number of anilines is 1. The van der Waals surface area contributed by atoms with Crippen LogP contribution in [0.2, 0.25) is 0 Å². The summed E-state index contributed by atoms with van der Waals surface area (Å²) in [7, 11) is 0. The van der Waals surface area contributed by atoms with Crippen LogP contribution in [0, 0.1) is 11.8 Å². The van der Waals surface area contributed by atoms with Crippen molar-refractivity contribution < 1.29 is 23.9 Å². The number of benzene rings is 2. The van der Waals surface area contributed by atoms with E-state index in [1.165, 1.54) is 17.0 Å². The van der Waals surface area contributed by atoms with Gasteiger partial charge in [0.25, 0.3) is 5.91 Å². The molecule has 3 atom stereocenters. The number of nitrogens with one attached hydrogen (secondary N) is 1. The minimum atomic E-state index is -0.656. The predicted molar refractivity (Wildman–Crippen MR) is 118 cm³/mol. The lowest BCUT2D eigenvalue weighted by Crippen LogP contribution is -2.31. The zero-order valence-electron chi connectivity index (χ0n) is 17.7. The Hall–Kier alpha value is -3.74. The first-order chi connectivity index (χ1) is 15.5. The number of imide groups is 1. The molecule has 32 heavy (non-hydrogen) atoms. The fraction of sp³-hybridized carbons (Fsp3) is 0.280. The predicted octanol–water partition coefficient (Wildman–Crippen LogP) is 3.18. The van der Waals surface area contributed by atoms with Crippen molar-refractivity contribution in [2.24, 2.45) is 11.8 Å². The van der Waals surface area contributed by atoms with Crippen LogP contribution >= 0.6 is 0 Å². The maximum absolute atomic E-state index is 12.7. The molecule has 1 fully saturated rings. The summed E-state index contributed by atoms with van der Waals surface area (Å²) >= 11 is 0. The lowest BCUT2D eigenvalue weighted by atomic mass is 9.85. The van der Waals surface area contributed by atoms with Gasteiger partial charge in [-0.3, -0.25) is 19.3 Å². The fourth-order valence-corrected chi connectivity index (χ4v) is 4.12. The van der Waals surface area contributed by atoms with Gasteiger partial charge in [-0.15, -0.1) is 0 Å². The normalized spacial score (nSPS) is 20.6. The molecule has 7 nitrogen and oxygen atoms in total. The van der Waals surface area contributed by atoms with E-state index in [2.05, 4.69) is 5.32 Å². The Labute approximate surface area is 186 Å². The van der Waals surface area contributed by atoms with Gasteiger partial charge in [0.05, 0.1) is 29.1 Å². The van der Waals surface area contributed by atoms with Crippen LogP contribution in [0.5, 0.6) is 0 Å². The molecule has 0 bridgehead atoms. The Bertz CT molecular complexity index is 1040. The van der Waals surface area contributed by atoms with Crippen molar-refractivity contribution in [1.29, 1.82) is 0 Å². The van der Waals surface area contributed by atoms with E-state index in [-0.39, 0.29) is 35.3 Å². The number of esters is 1. The van der Waals surface area contributed by atoms with Gasteiger partial charge in [0.1, 0.15) is 0 Å². The van der Waals surface area contributed by atoms with E-state index in [1.54, 1.807) is 12.1 Å². The standard InChI is InChI=1S/C25H24N2O5/c1-16(17-7-3-2-4-8-17)26-22(28)15-32-25(31)18-11-13-19(14-12-18)27-23(29)20-9-5-6-10-21(20)24(27)30/h2-8,11-14,16,20-21H,9-10,15H2,1H3,(H,26,28)/t16-,20-,21-/m0/s1. The summed E-state index contributed by atoms with van der Waals surface area (Å²) in [6.07, 6.45) is 5.01. The summed E-state index contributed by atoms with van der Waals surface area (Å²) in [6.45, 7) is 1.44. The van der Waals surface area contributed by atoms with Crippen LogP contribution in [-0.4, -0.2) is 30.3 Å². The van der Waals surface area contributed by atoms with E-state index >= 15 is 0 Å². The van der Waals surface area contributed by atoms with E-state index in [9.17, 15) is 19.2 Å². The van der Waals surface area contributed by atoms with Crippen molar-refractivity contribution in [1.82, 2.24) is 5.32 Å². The quantitative estimate of drug-likeness (QED) is 0.430. The van der Waals surface area contributed by atoms with Gasteiger partial charge in [-0.25, -0.2) is 4.79 Å². The van der Waals surface area contributed by atoms with Gasteiger partial charge in [0, 0.05) is 0 Å². The van der Waals surface area contributed by atoms with Crippen molar-refractivity contribution in [2.75, 3.05) is 11.5 Å². The number of carbonyl (C=O) groups excluding carboxylic acids is 4. The summed E-state index contributed by atoms with van der Waals surface area (Å²) in [6, 6.07) is 15.3. The topological polar surface area (TPSA) is 92.8 Å². The molecular formula is C25H24N2O5. The highest BCUT2D eigenvalue weighted by atomic mass is 16.5. The van der Waals surface area contributed by atoms with Crippen LogP contribution in [0.25, 0.3) is 0 Å². The molecule has 1 N–H and O–H groups in total. The van der Waals surface area contributed by atoms with Gasteiger partial charge >= 0.3 is 5.97 Å². The first-order valence-corrected chi connectivity index (χ1v) is 10.6. The molecular weight excluding hydrogens is 408 g/mol. The van der Waals surface area contributed by atoms with Crippen molar-refractivity contribution in [2.45, 2.75) is 25.8 Å². The van der Waals surface area contributed by atoms with E-state index in [1.807, 2.05) is 49.4 Å². The number of carbonyl (C=O) groups is 4. The third kappa shape index (κ3) is 4.32. The van der Waals surface area contributed by atoms with Crippen LogP contribution in [0.15, 0.2) is 66.7 Å². The molecule has 0 spiro atoms. The average molecular weight is 432 g/mol. The molecule has 3 amide bonds. The molecule has 2 aliphatic rings. The fourth-order valence-electron chi connectivity index (χ4n) is 4.12. The zero-order valence-corrected chi connectivity index (χ0v) is 17.7. The van der Waals surface area contributed by atoms with E-state index < -0.39 is 18.5 Å². The summed E-state index contributed by atoms with van der Waals surface area (Å²) < 4.78 is 5.10. The Kier molecular flexibility index (Phi) is 6.16. The van der Waals surface area contributed by atoms with E-state index in [4.69, 9.17) is 4.74 Å².